The minimum atomic E-state index is -2.34. The van der Waals surface area contributed by atoms with Crippen molar-refractivity contribution in [3.8, 4) is 0 Å². The number of nitrogens with zero attached hydrogens (tertiary/aromatic N) is 1. The molecule has 5 heteroatoms. The van der Waals surface area contributed by atoms with Gasteiger partial charge in [-0.15, -0.1) is 0 Å². The van der Waals surface area contributed by atoms with Gasteiger partial charge in [-0.25, -0.2) is 8.78 Å². The number of hydrogen-bond acceptors (Lipinski definition) is 1. The first kappa shape index (κ1) is 12.6. The Bertz CT molecular complexity index is 153. The predicted molar refractivity (Wildman–Crippen MR) is 54.1 cm³/mol. The van der Waals surface area contributed by atoms with E-state index in [2.05, 4.69) is 12.2 Å². The molecule has 0 aliphatic heterocycles. The molecule has 0 rings (SSSR count). The van der Waals surface area contributed by atoms with Crippen molar-refractivity contribution < 1.29 is 8.78 Å². The van der Waals surface area contributed by atoms with Crippen LogP contribution in [-0.2, 0) is 0 Å². The second kappa shape index (κ2) is 7.00. The minimum Gasteiger partial charge on any atom is -0.363 e. The number of unbranched alkanes of at least 4 members (excludes halogenated alkanes) is 1. The summed E-state index contributed by atoms with van der Waals surface area (Å²) in [4.78, 5) is 1.36. The van der Waals surface area contributed by atoms with Crippen LogP contribution in [0.4, 0.5) is 8.78 Å². The third-order valence-corrected chi connectivity index (χ3v) is 2.02. The van der Waals surface area contributed by atoms with Gasteiger partial charge in [-0.3, -0.25) is 0 Å². The Balaban J connectivity index is 3.57. The Morgan fingerprint density at radius 2 is 2.15 bits per heavy atom. The monoisotopic (exact) mass is 210 g/mol. The number of rotatable bonds is 5. The van der Waals surface area contributed by atoms with Crippen molar-refractivity contribution in [2.75, 3.05) is 20.1 Å². The lowest BCUT2D eigenvalue weighted by Crippen LogP contribution is -2.39. The van der Waals surface area contributed by atoms with Crippen LogP contribution in [0.25, 0.3) is 0 Å². The molecule has 13 heavy (non-hydrogen) atoms. The number of hydrogen-bond donors (Lipinski definition) is 1. The van der Waals surface area contributed by atoms with Crippen molar-refractivity contribution in [1.82, 2.24) is 10.2 Å². The van der Waals surface area contributed by atoms with Crippen LogP contribution < -0.4 is 5.32 Å². The van der Waals surface area contributed by atoms with Gasteiger partial charge in [-0.05, 0) is 18.6 Å². The van der Waals surface area contributed by atoms with Crippen molar-refractivity contribution in [1.29, 1.82) is 0 Å². The van der Waals surface area contributed by atoms with E-state index in [0.717, 1.165) is 19.4 Å². The molecule has 2 nitrogen and oxygen atoms in total. The largest absolute Gasteiger partial charge is 0.363 e. The summed E-state index contributed by atoms with van der Waals surface area (Å²) in [7, 11) is 1.56. The van der Waals surface area contributed by atoms with Gasteiger partial charge >= 0.3 is 0 Å². The SMILES string of the molecule is CCCCNC(=S)N(C)CC(F)F. The Morgan fingerprint density at radius 1 is 1.54 bits per heavy atom. The zero-order chi connectivity index (χ0) is 10.3. The van der Waals surface area contributed by atoms with Crippen molar-refractivity contribution >= 4 is 17.3 Å². The summed E-state index contributed by atoms with van der Waals surface area (Å²) in [5.41, 5.74) is 0. The molecule has 1 N–H and O–H groups in total. The molecule has 0 fully saturated rings. The topological polar surface area (TPSA) is 15.3 Å². The van der Waals surface area contributed by atoms with Gasteiger partial charge in [0.2, 0.25) is 0 Å². The molecule has 0 saturated carbocycles. The first-order chi connectivity index (χ1) is 6.07. The van der Waals surface area contributed by atoms with Crippen molar-refractivity contribution in [2.45, 2.75) is 26.2 Å². The van der Waals surface area contributed by atoms with E-state index in [1.54, 1.807) is 7.05 Å². The van der Waals surface area contributed by atoms with Gasteiger partial charge in [0.25, 0.3) is 6.43 Å². The highest BCUT2D eigenvalue weighted by Gasteiger charge is 2.09. The van der Waals surface area contributed by atoms with Crippen LogP contribution in [0.3, 0.4) is 0 Å². The molecule has 0 saturated heterocycles. The van der Waals surface area contributed by atoms with E-state index < -0.39 is 6.43 Å². The average molecular weight is 210 g/mol. The number of halogens is 2. The number of nitrogens with one attached hydrogen (secondary N) is 1. The van der Waals surface area contributed by atoms with Crippen LogP contribution in [0.15, 0.2) is 0 Å². The Morgan fingerprint density at radius 3 is 2.62 bits per heavy atom. The maximum Gasteiger partial charge on any atom is 0.255 e. The number of alkyl halides is 2. The molecule has 0 aliphatic rings. The Hall–Kier alpha value is -0.450. The predicted octanol–water partition coefficient (Wildman–Crippen LogP) is 1.86. The summed E-state index contributed by atoms with van der Waals surface area (Å²) in [6.45, 7) is 2.51. The highest BCUT2D eigenvalue weighted by Crippen LogP contribution is 1.96. The van der Waals surface area contributed by atoms with Gasteiger partial charge in [-0.1, -0.05) is 13.3 Å². The molecule has 0 spiro atoms. The lowest BCUT2D eigenvalue weighted by molar-refractivity contribution is 0.123. The van der Waals surface area contributed by atoms with Gasteiger partial charge in [0.15, 0.2) is 5.11 Å². The van der Waals surface area contributed by atoms with Crippen molar-refractivity contribution in [3.05, 3.63) is 0 Å². The second-order valence-electron chi connectivity index (χ2n) is 2.86. The van der Waals surface area contributed by atoms with Crippen LogP contribution in [0, 0.1) is 0 Å². The van der Waals surface area contributed by atoms with E-state index in [1.807, 2.05) is 0 Å². The molecule has 0 heterocycles. The van der Waals surface area contributed by atoms with E-state index in [-0.39, 0.29) is 6.54 Å². The highest BCUT2D eigenvalue weighted by atomic mass is 32.1. The number of thiocarbonyl (C=S) groups is 1. The fraction of sp³-hybridized carbons (Fsp3) is 0.875. The quantitative estimate of drug-likeness (QED) is 0.551. The fourth-order valence-corrected chi connectivity index (χ4v) is 0.974. The maximum absolute atomic E-state index is 11.9. The summed E-state index contributed by atoms with van der Waals surface area (Å²) >= 11 is 4.89. The normalized spacial score (nSPS) is 10.2. The molecule has 78 valence electrons. The second-order valence-corrected chi connectivity index (χ2v) is 3.24. The standard InChI is InChI=1S/C8H16F2N2S/c1-3-4-5-11-8(13)12(2)6-7(9)10/h7H,3-6H2,1-2H3,(H,11,13). The Labute approximate surface area is 83.3 Å². The van der Waals surface area contributed by atoms with E-state index in [9.17, 15) is 8.78 Å². The molecule has 0 unspecified atom stereocenters. The zero-order valence-corrected chi connectivity index (χ0v) is 8.83. The van der Waals surface area contributed by atoms with E-state index in [4.69, 9.17) is 12.2 Å². The first-order valence-corrected chi connectivity index (χ1v) is 4.75. The first-order valence-electron chi connectivity index (χ1n) is 4.35. The van der Waals surface area contributed by atoms with Crippen LogP contribution in [0.1, 0.15) is 19.8 Å². The van der Waals surface area contributed by atoms with Gasteiger partial charge in [-0.2, -0.15) is 0 Å². The van der Waals surface area contributed by atoms with Gasteiger partial charge in [0.1, 0.15) is 0 Å². The average Bonchev–Trinajstić information content (AvgIpc) is 2.03. The van der Waals surface area contributed by atoms with E-state index in [0.29, 0.717) is 5.11 Å². The molecule has 0 amide bonds. The molecule has 0 aliphatic carbocycles. The molecule has 0 aromatic rings. The van der Waals surface area contributed by atoms with Crippen molar-refractivity contribution in [2.24, 2.45) is 0 Å². The third kappa shape index (κ3) is 6.69. The smallest absolute Gasteiger partial charge is 0.255 e. The van der Waals surface area contributed by atoms with Crippen LogP contribution >= 0.6 is 12.2 Å². The minimum absolute atomic E-state index is 0.308. The molecular formula is C8H16F2N2S. The summed E-state index contributed by atoms with van der Waals surface area (Å²) in [6, 6.07) is 0. The lowest BCUT2D eigenvalue weighted by atomic mass is 10.3. The van der Waals surface area contributed by atoms with Gasteiger partial charge in [0.05, 0.1) is 6.54 Å². The van der Waals surface area contributed by atoms with E-state index >= 15 is 0 Å². The zero-order valence-electron chi connectivity index (χ0n) is 8.02. The summed E-state index contributed by atoms with van der Waals surface area (Å²) < 4.78 is 23.8. The summed E-state index contributed by atoms with van der Waals surface area (Å²) in [5, 5.41) is 3.31. The summed E-state index contributed by atoms with van der Waals surface area (Å²) in [5.74, 6) is 0. The molecule has 0 aromatic carbocycles. The molecular weight excluding hydrogens is 194 g/mol. The molecule has 0 atom stereocenters. The summed E-state index contributed by atoms with van der Waals surface area (Å²) in [6.07, 6.45) is -0.271. The van der Waals surface area contributed by atoms with Crippen LogP contribution in [0.2, 0.25) is 0 Å². The molecule has 0 radical (unpaired) electrons. The Kier molecular flexibility index (Phi) is 6.76. The lowest BCUT2D eigenvalue weighted by Gasteiger charge is -2.20. The van der Waals surface area contributed by atoms with Crippen LogP contribution in [-0.4, -0.2) is 36.6 Å². The molecule has 0 aromatic heterocycles. The van der Waals surface area contributed by atoms with Crippen LogP contribution in [0.5, 0.6) is 0 Å². The molecule has 0 bridgehead atoms. The van der Waals surface area contributed by atoms with Gasteiger partial charge in [0, 0.05) is 13.6 Å². The van der Waals surface area contributed by atoms with E-state index in [1.165, 1.54) is 4.90 Å². The van der Waals surface area contributed by atoms with Crippen molar-refractivity contribution in [3.63, 3.8) is 0 Å². The maximum atomic E-state index is 11.9. The fourth-order valence-electron chi connectivity index (χ4n) is 0.797. The highest BCUT2D eigenvalue weighted by molar-refractivity contribution is 7.80. The van der Waals surface area contributed by atoms with Gasteiger partial charge < -0.3 is 10.2 Å². The third-order valence-electron chi connectivity index (χ3n) is 1.57.